The van der Waals surface area contributed by atoms with Crippen LogP contribution in [-0.2, 0) is 0 Å². The zero-order valence-corrected chi connectivity index (χ0v) is 13.0. The van der Waals surface area contributed by atoms with E-state index < -0.39 is 0 Å². The molecule has 5 heteroatoms. The standard InChI is InChI=1S/C14H19BrFN3/c1-4-9(5-2)8(3)19-13-6-10(15)11(16)7-12(13)18-14(19)17/h6-9H,4-5H2,1-3H3,(H2,17,18). The van der Waals surface area contributed by atoms with Gasteiger partial charge in [-0.15, -0.1) is 0 Å². The molecule has 2 aromatic rings. The summed E-state index contributed by atoms with van der Waals surface area (Å²) in [5.74, 6) is 0.669. The van der Waals surface area contributed by atoms with Crippen LogP contribution in [0.3, 0.4) is 0 Å². The predicted octanol–water partition coefficient (Wildman–Crippen LogP) is 4.52. The van der Waals surface area contributed by atoms with Gasteiger partial charge in [0.25, 0.3) is 0 Å². The summed E-state index contributed by atoms with van der Waals surface area (Å²) in [6, 6.07) is 3.43. The highest BCUT2D eigenvalue weighted by Crippen LogP contribution is 2.32. The fourth-order valence-electron chi connectivity index (χ4n) is 2.72. The van der Waals surface area contributed by atoms with Gasteiger partial charge >= 0.3 is 0 Å². The van der Waals surface area contributed by atoms with Crippen molar-refractivity contribution < 1.29 is 4.39 Å². The van der Waals surface area contributed by atoms with E-state index in [0.717, 1.165) is 18.4 Å². The van der Waals surface area contributed by atoms with Gasteiger partial charge in [0.15, 0.2) is 0 Å². The maximum Gasteiger partial charge on any atom is 0.201 e. The molecule has 0 aliphatic carbocycles. The molecule has 1 aromatic heterocycles. The number of nitrogen functional groups attached to an aromatic ring is 1. The van der Waals surface area contributed by atoms with Gasteiger partial charge in [-0.1, -0.05) is 26.7 Å². The number of rotatable bonds is 4. The third kappa shape index (κ3) is 2.48. The van der Waals surface area contributed by atoms with E-state index in [1.807, 2.05) is 4.57 Å². The summed E-state index contributed by atoms with van der Waals surface area (Å²) in [6.07, 6.45) is 2.16. The molecule has 3 nitrogen and oxygen atoms in total. The average molecular weight is 328 g/mol. The van der Waals surface area contributed by atoms with Crippen molar-refractivity contribution in [3.63, 3.8) is 0 Å². The molecule has 2 rings (SSSR count). The summed E-state index contributed by atoms with van der Waals surface area (Å²) in [6.45, 7) is 6.50. The van der Waals surface area contributed by atoms with Gasteiger partial charge in [0.2, 0.25) is 5.95 Å². The van der Waals surface area contributed by atoms with E-state index in [9.17, 15) is 4.39 Å². The van der Waals surface area contributed by atoms with Crippen LogP contribution >= 0.6 is 15.9 Å². The fraction of sp³-hybridized carbons (Fsp3) is 0.500. The second-order valence-corrected chi connectivity index (χ2v) is 5.77. The van der Waals surface area contributed by atoms with Crippen molar-refractivity contribution in [2.24, 2.45) is 5.92 Å². The number of nitrogens with zero attached hydrogens (tertiary/aromatic N) is 2. The predicted molar refractivity (Wildman–Crippen MR) is 80.6 cm³/mol. The molecule has 0 saturated heterocycles. The normalized spacial score (nSPS) is 13.4. The van der Waals surface area contributed by atoms with Crippen molar-refractivity contribution in [1.82, 2.24) is 9.55 Å². The van der Waals surface area contributed by atoms with Gasteiger partial charge in [-0.3, -0.25) is 0 Å². The molecule has 0 fully saturated rings. The Hall–Kier alpha value is -1.10. The monoisotopic (exact) mass is 327 g/mol. The van der Waals surface area contributed by atoms with Gasteiger partial charge in [-0.2, -0.15) is 0 Å². The highest BCUT2D eigenvalue weighted by molar-refractivity contribution is 9.10. The second-order valence-electron chi connectivity index (χ2n) is 4.91. The molecule has 0 aliphatic rings. The minimum Gasteiger partial charge on any atom is -0.369 e. The van der Waals surface area contributed by atoms with Gasteiger partial charge in [-0.25, -0.2) is 9.37 Å². The number of hydrogen-bond donors (Lipinski definition) is 1. The van der Waals surface area contributed by atoms with E-state index in [1.54, 1.807) is 6.07 Å². The number of nitrogens with two attached hydrogens (primary N) is 1. The minimum absolute atomic E-state index is 0.248. The zero-order chi connectivity index (χ0) is 14.2. The number of benzene rings is 1. The molecule has 0 amide bonds. The highest BCUT2D eigenvalue weighted by Gasteiger charge is 2.21. The third-order valence-electron chi connectivity index (χ3n) is 3.90. The Morgan fingerprint density at radius 2 is 2.00 bits per heavy atom. The van der Waals surface area contributed by atoms with Gasteiger partial charge in [0, 0.05) is 12.1 Å². The number of anilines is 1. The molecule has 0 aliphatic heterocycles. The molecule has 1 heterocycles. The van der Waals surface area contributed by atoms with E-state index in [0.29, 0.717) is 21.9 Å². The number of halogens is 2. The lowest BCUT2D eigenvalue weighted by Crippen LogP contribution is -2.17. The molecule has 19 heavy (non-hydrogen) atoms. The van der Waals surface area contributed by atoms with Crippen molar-refractivity contribution in [2.75, 3.05) is 5.73 Å². The van der Waals surface area contributed by atoms with Crippen molar-refractivity contribution in [2.45, 2.75) is 39.7 Å². The Labute approximate surface area is 121 Å². The van der Waals surface area contributed by atoms with E-state index in [2.05, 4.69) is 41.7 Å². The Morgan fingerprint density at radius 1 is 1.37 bits per heavy atom. The molecule has 1 aromatic carbocycles. The first kappa shape index (κ1) is 14.3. The topological polar surface area (TPSA) is 43.8 Å². The van der Waals surface area contributed by atoms with Crippen LogP contribution in [0.2, 0.25) is 0 Å². The molecule has 1 unspecified atom stereocenters. The minimum atomic E-state index is -0.313. The van der Waals surface area contributed by atoms with Gasteiger partial charge in [0.05, 0.1) is 15.5 Å². The van der Waals surface area contributed by atoms with Crippen LogP contribution in [0, 0.1) is 11.7 Å². The molecule has 0 radical (unpaired) electrons. The molecule has 0 spiro atoms. The Kier molecular flexibility index (Phi) is 4.13. The number of imidazole rings is 1. The molecule has 2 N–H and O–H groups in total. The van der Waals surface area contributed by atoms with Crippen molar-refractivity contribution in [3.05, 3.63) is 22.4 Å². The van der Waals surface area contributed by atoms with Crippen LogP contribution in [0.5, 0.6) is 0 Å². The number of hydrogen-bond acceptors (Lipinski definition) is 2. The van der Waals surface area contributed by atoms with Gasteiger partial charge < -0.3 is 10.3 Å². The first-order valence-corrected chi connectivity index (χ1v) is 7.41. The van der Waals surface area contributed by atoms with Crippen LogP contribution in [0.1, 0.15) is 39.7 Å². The summed E-state index contributed by atoms with van der Waals surface area (Å²) in [4.78, 5) is 4.27. The number of aromatic nitrogens is 2. The number of fused-ring (bicyclic) bond motifs is 1. The van der Waals surface area contributed by atoms with Gasteiger partial charge in [-0.05, 0) is 34.8 Å². The Bertz CT molecular complexity index is 590. The molecular formula is C14H19BrFN3. The lowest BCUT2D eigenvalue weighted by atomic mass is 9.95. The fourth-order valence-corrected chi connectivity index (χ4v) is 3.05. The maximum absolute atomic E-state index is 13.5. The molecule has 0 saturated carbocycles. The van der Waals surface area contributed by atoms with Crippen LogP contribution in [0.4, 0.5) is 10.3 Å². The largest absolute Gasteiger partial charge is 0.369 e. The summed E-state index contributed by atoms with van der Waals surface area (Å²) in [7, 11) is 0. The summed E-state index contributed by atoms with van der Waals surface area (Å²) in [5, 5.41) is 0. The second kappa shape index (κ2) is 5.49. The molecule has 104 valence electrons. The molecular weight excluding hydrogens is 309 g/mol. The van der Waals surface area contributed by atoms with E-state index in [-0.39, 0.29) is 11.9 Å². The first-order chi connectivity index (χ1) is 8.99. The van der Waals surface area contributed by atoms with E-state index in [1.165, 1.54) is 6.07 Å². The zero-order valence-electron chi connectivity index (χ0n) is 11.5. The Morgan fingerprint density at radius 3 is 2.58 bits per heavy atom. The smallest absolute Gasteiger partial charge is 0.201 e. The summed E-state index contributed by atoms with van der Waals surface area (Å²) < 4.78 is 16.0. The maximum atomic E-state index is 13.5. The van der Waals surface area contributed by atoms with Gasteiger partial charge in [0.1, 0.15) is 5.82 Å². The van der Waals surface area contributed by atoms with E-state index >= 15 is 0 Å². The SMILES string of the molecule is CCC(CC)C(C)n1c(N)nc2cc(F)c(Br)cc21. The van der Waals surface area contributed by atoms with Crippen molar-refractivity contribution >= 4 is 32.9 Å². The van der Waals surface area contributed by atoms with Crippen LogP contribution in [0.25, 0.3) is 11.0 Å². The summed E-state index contributed by atoms with van der Waals surface area (Å²) >= 11 is 3.22. The quantitative estimate of drug-likeness (QED) is 0.897. The lowest BCUT2D eigenvalue weighted by Gasteiger charge is -2.24. The van der Waals surface area contributed by atoms with Crippen LogP contribution in [-0.4, -0.2) is 9.55 Å². The van der Waals surface area contributed by atoms with E-state index in [4.69, 9.17) is 5.73 Å². The average Bonchev–Trinajstić information content (AvgIpc) is 2.66. The van der Waals surface area contributed by atoms with Crippen LogP contribution < -0.4 is 5.73 Å². The first-order valence-electron chi connectivity index (χ1n) is 6.62. The lowest BCUT2D eigenvalue weighted by molar-refractivity contribution is 0.342. The van der Waals surface area contributed by atoms with Crippen molar-refractivity contribution in [3.8, 4) is 0 Å². The highest BCUT2D eigenvalue weighted by atomic mass is 79.9. The van der Waals surface area contributed by atoms with Crippen LogP contribution in [0.15, 0.2) is 16.6 Å². The Balaban J connectivity index is 2.59. The van der Waals surface area contributed by atoms with Crippen molar-refractivity contribution in [1.29, 1.82) is 0 Å². The molecule has 1 atom stereocenters. The summed E-state index contributed by atoms with van der Waals surface area (Å²) in [5.41, 5.74) is 7.50. The molecule has 0 bridgehead atoms. The third-order valence-corrected chi connectivity index (χ3v) is 4.50.